The van der Waals surface area contributed by atoms with E-state index in [0.717, 1.165) is 44.7 Å². The molecule has 0 N–H and O–H groups in total. The first-order valence-electron chi connectivity index (χ1n) is 10.4. The summed E-state index contributed by atoms with van der Waals surface area (Å²) >= 11 is 0. The molecule has 0 spiro atoms. The van der Waals surface area contributed by atoms with E-state index in [1.54, 1.807) is 0 Å². The standard InChI is InChI=1S/C24H23FN4O/c25-19-8-6-18(7-9-19)20-14-21(20)23-27-22(15-26)24(30-23)29-12-10-28(11-13-29)16-17-4-2-1-3-5-17/h1-9,20-21H,10-14,16H2. The van der Waals surface area contributed by atoms with Crippen LogP contribution in [0.2, 0.25) is 0 Å². The molecule has 0 amide bonds. The number of benzene rings is 2. The molecule has 2 unspecified atom stereocenters. The van der Waals surface area contributed by atoms with Crippen molar-refractivity contribution in [3.8, 4) is 6.07 Å². The molecule has 1 saturated heterocycles. The van der Waals surface area contributed by atoms with Crippen LogP contribution < -0.4 is 4.90 Å². The highest BCUT2D eigenvalue weighted by atomic mass is 19.1. The summed E-state index contributed by atoms with van der Waals surface area (Å²) in [5, 5.41) is 9.57. The summed E-state index contributed by atoms with van der Waals surface area (Å²) in [6.07, 6.45) is 0.918. The zero-order chi connectivity index (χ0) is 20.5. The largest absolute Gasteiger partial charge is 0.423 e. The maximum Gasteiger partial charge on any atom is 0.234 e. The Morgan fingerprint density at radius 2 is 1.73 bits per heavy atom. The van der Waals surface area contributed by atoms with Gasteiger partial charge in [0.05, 0.1) is 0 Å². The third-order valence-electron chi connectivity index (χ3n) is 6.05. The number of piperazine rings is 1. The summed E-state index contributed by atoms with van der Waals surface area (Å²) in [5.41, 5.74) is 2.77. The molecule has 2 fully saturated rings. The van der Waals surface area contributed by atoms with E-state index in [0.29, 0.717) is 17.5 Å². The first-order valence-corrected chi connectivity index (χ1v) is 10.4. The molecule has 0 bridgehead atoms. The second-order valence-electron chi connectivity index (χ2n) is 8.07. The number of hydrogen-bond donors (Lipinski definition) is 0. The maximum atomic E-state index is 13.2. The van der Waals surface area contributed by atoms with Crippen molar-refractivity contribution in [2.75, 3.05) is 31.1 Å². The molecule has 30 heavy (non-hydrogen) atoms. The Balaban J connectivity index is 1.24. The fourth-order valence-corrected chi connectivity index (χ4v) is 4.27. The van der Waals surface area contributed by atoms with Gasteiger partial charge >= 0.3 is 0 Å². The van der Waals surface area contributed by atoms with Crippen LogP contribution in [0.25, 0.3) is 0 Å². The predicted octanol–water partition coefficient (Wildman–Crippen LogP) is 4.28. The number of nitrogens with zero attached hydrogens (tertiary/aromatic N) is 4. The smallest absolute Gasteiger partial charge is 0.234 e. The number of aromatic nitrogens is 1. The van der Waals surface area contributed by atoms with Gasteiger partial charge in [0.1, 0.15) is 11.9 Å². The normalized spacial score (nSPS) is 21.4. The van der Waals surface area contributed by atoms with Crippen LogP contribution in [-0.2, 0) is 6.54 Å². The topological polar surface area (TPSA) is 56.3 Å². The minimum Gasteiger partial charge on any atom is -0.423 e. The Labute approximate surface area is 175 Å². The van der Waals surface area contributed by atoms with Crippen LogP contribution in [0.5, 0.6) is 0 Å². The first-order chi connectivity index (χ1) is 14.7. The Hall–Kier alpha value is -3.17. The quantitative estimate of drug-likeness (QED) is 0.638. The SMILES string of the molecule is N#Cc1nc(C2CC2c2ccc(F)cc2)oc1N1CCN(Cc2ccccc2)CC1. The zero-order valence-electron chi connectivity index (χ0n) is 16.7. The number of oxazole rings is 1. The van der Waals surface area contributed by atoms with E-state index in [4.69, 9.17) is 4.42 Å². The number of hydrogen-bond acceptors (Lipinski definition) is 5. The van der Waals surface area contributed by atoms with E-state index in [-0.39, 0.29) is 17.7 Å². The lowest BCUT2D eigenvalue weighted by Gasteiger charge is -2.34. The van der Waals surface area contributed by atoms with Crippen molar-refractivity contribution in [2.24, 2.45) is 0 Å². The van der Waals surface area contributed by atoms with Crippen molar-refractivity contribution >= 4 is 5.88 Å². The van der Waals surface area contributed by atoms with Crippen molar-refractivity contribution < 1.29 is 8.81 Å². The van der Waals surface area contributed by atoms with Crippen LogP contribution in [0.1, 0.15) is 41.0 Å². The van der Waals surface area contributed by atoms with Gasteiger partial charge in [-0.2, -0.15) is 5.26 Å². The van der Waals surface area contributed by atoms with E-state index in [1.165, 1.54) is 17.7 Å². The van der Waals surface area contributed by atoms with Crippen LogP contribution in [0.4, 0.5) is 10.3 Å². The van der Waals surface area contributed by atoms with Gasteiger partial charge in [-0.05, 0) is 35.6 Å². The molecule has 152 valence electrons. The first kappa shape index (κ1) is 18.8. The summed E-state index contributed by atoms with van der Waals surface area (Å²) in [6.45, 7) is 4.38. The fourth-order valence-electron chi connectivity index (χ4n) is 4.27. The lowest BCUT2D eigenvalue weighted by Crippen LogP contribution is -2.46. The third kappa shape index (κ3) is 3.81. The molecular weight excluding hydrogens is 379 g/mol. The number of nitriles is 1. The molecule has 2 atom stereocenters. The molecule has 1 aliphatic carbocycles. The summed E-state index contributed by atoms with van der Waals surface area (Å²) in [7, 11) is 0. The molecule has 1 saturated carbocycles. The third-order valence-corrected chi connectivity index (χ3v) is 6.05. The minimum absolute atomic E-state index is 0.163. The molecule has 3 aromatic rings. The minimum atomic E-state index is -0.229. The van der Waals surface area contributed by atoms with E-state index in [9.17, 15) is 9.65 Å². The Morgan fingerprint density at radius 3 is 2.43 bits per heavy atom. The van der Waals surface area contributed by atoms with Crippen LogP contribution in [0.15, 0.2) is 59.0 Å². The number of rotatable bonds is 5. The highest BCUT2D eigenvalue weighted by Crippen LogP contribution is 2.54. The average Bonchev–Trinajstić information content (AvgIpc) is 3.46. The Bertz CT molecular complexity index is 1050. The van der Waals surface area contributed by atoms with Crippen molar-refractivity contribution in [3.05, 3.63) is 83.1 Å². The molecular formula is C24H23FN4O. The molecule has 1 aromatic heterocycles. The van der Waals surface area contributed by atoms with E-state index < -0.39 is 0 Å². The number of anilines is 1. The van der Waals surface area contributed by atoms with Crippen molar-refractivity contribution in [2.45, 2.75) is 24.8 Å². The maximum absolute atomic E-state index is 13.2. The lowest BCUT2D eigenvalue weighted by atomic mass is 10.1. The van der Waals surface area contributed by atoms with E-state index >= 15 is 0 Å². The van der Waals surface area contributed by atoms with Gasteiger partial charge in [-0.25, -0.2) is 9.37 Å². The van der Waals surface area contributed by atoms with Crippen LogP contribution in [0.3, 0.4) is 0 Å². The molecule has 2 aliphatic rings. The van der Waals surface area contributed by atoms with Crippen molar-refractivity contribution in [3.63, 3.8) is 0 Å². The molecule has 5 rings (SSSR count). The van der Waals surface area contributed by atoms with Crippen molar-refractivity contribution in [1.29, 1.82) is 5.26 Å². The Morgan fingerprint density at radius 1 is 1.00 bits per heavy atom. The average molecular weight is 402 g/mol. The molecule has 1 aliphatic heterocycles. The van der Waals surface area contributed by atoms with E-state index in [1.807, 2.05) is 18.2 Å². The molecule has 2 heterocycles. The molecule has 5 nitrogen and oxygen atoms in total. The summed E-state index contributed by atoms with van der Waals surface area (Å²) in [6, 6.07) is 19.3. The second kappa shape index (κ2) is 7.92. The molecule has 6 heteroatoms. The summed E-state index contributed by atoms with van der Waals surface area (Å²) in [4.78, 5) is 9.04. The highest BCUT2D eigenvalue weighted by Gasteiger charge is 2.44. The summed E-state index contributed by atoms with van der Waals surface area (Å²) in [5.74, 6) is 1.44. The monoisotopic (exact) mass is 402 g/mol. The zero-order valence-corrected chi connectivity index (χ0v) is 16.7. The Kier molecular flexibility index (Phi) is 4.97. The second-order valence-corrected chi connectivity index (χ2v) is 8.07. The van der Waals surface area contributed by atoms with Crippen LogP contribution >= 0.6 is 0 Å². The molecule has 0 radical (unpaired) electrons. The predicted molar refractivity (Wildman–Crippen MR) is 112 cm³/mol. The van der Waals surface area contributed by atoms with Gasteiger partial charge in [0, 0.05) is 38.6 Å². The van der Waals surface area contributed by atoms with Gasteiger partial charge in [0.15, 0.2) is 0 Å². The fraction of sp³-hybridized carbons (Fsp3) is 0.333. The van der Waals surface area contributed by atoms with Gasteiger partial charge in [0.2, 0.25) is 17.5 Å². The van der Waals surface area contributed by atoms with Gasteiger partial charge in [-0.15, -0.1) is 0 Å². The lowest BCUT2D eigenvalue weighted by molar-refractivity contribution is 0.245. The highest BCUT2D eigenvalue weighted by molar-refractivity contribution is 5.49. The van der Waals surface area contributed by atoms with Gasteiger partial charge in [0.25, 0.3) is 0 Å². The molecule has 2 aromatic carbocycles. The van der Waals surface area contributed by atoms with Crippen LogP contribution in [0, 0.1) is 17.1 Å². The number of halogens is 1. The van der Waals surface area contributed by atoms with Gasteiger partial charge < -0.3 is 9.32 Å². The summed E-state index contributed by atoms with van der Waals surface area (Å²) < 4.78 is 19.3. The van der Waals surface area contributed by atoms with Gasteiger partial charge in [-0.3, -0.25) is 4.90 Å². The van der Waals surface area contributed by atoms with Crippen molar-refractivity contribution in [1.82, 2.24) is 9.88 Å². The van der Waals surface area contributed by atoms with E-state index in [2.05, 4.69) is 45.1 Å². The van der Waals surface area contributed by atoms with Crippen LogP contribution in [-0.4, -0.2) is 36.1 Å². The van der Waals surface area contributed by atoms with Gasteiger partial charge in [-0.1, -0.05) is 42.5 Å².